The molecule has 0 aliphatic heterocycles. The Morgan fingerprint density at radius 3 is 2.44 bits per heavy atom. The number of para-hydroxylation sites is 1. The van der Waals surface area contributed by atoms with Crippen molar-refractivity contribution in [2.75, 3.05) is 23.3 Å². The molecule has 170 valence electrons. The number of nitrogens with zero attached hydrogens (tertiary/aromatic N) is 3. The molecular formula is C25H32BrN5O. The van der Waals surface area contributed by atoms with Crippen LogP contribution in [0.1, 0.15) is 45.1 Å². The highest BCUT2D eigenvalue weighted by Gasteiger charge is 2.22. The van der Waals surface area contributed by atoms with E-state index in [1.807, 2.05) is 24.3 Å². The fourth-order valence-corrected chi connectivity index (χ4v) is 4.80. The summed E-state index contributed by atoms with van der Waals surface area (Å²) in [5.74, 6) is 2.06. The van der Waals surface area contributed by atoms with Crippen LogP contribution in [-0.4, -0.2) is 40.2 Å². The van der Waals surface area contributed by atoms with Crippen LogP contribution in [-0.2, 0) is 6.54 Å². The smallest absolute Gasteiger partial charge is 0.225 e. The molecule has 6 nitrogen and oxygen atoms in total. The molecule has 7 heteroatoms. The van der Waals surface area contributed by atoms with Crippen molar-refractivity contribution < 1.29 is 5.11 Å². The van der Waals surface area contributed by atoms with E-state index >= 15 is 0 Å². The molecule has 0 atom stereocenters. The lowest BCUT2D eigenvalue weighted by Gasteiger charge is -2.30. The first kappa shape index (κ1) is 22.8. The first-order valence-corrected chi connectivity index (χ1v) is 12.4. The number of halogens is 1. The molecule has 1 fully saturated rings. The third-order valence-electron chi connectivity index (χ3n) is 6.34. The highest BCUT2D eigenvalue weighted by Crippen LogP contribution is 2.28. The van der Waals surface area contributed by atoms with Crippen LogP contribution in [0.4, 0.5) is 11.8 Å². The molecule has 0 saturated heterocycles. The van der Waals surface area contributed by atoms with Crippen molar-refractivity contribution in [3.8, 4) is 5.75 Å². The number of nitrogens with one attached hydrogen (secondary N) is 2. The van der Waals surface area contributed by atoms with Crippen LogP contribution in [0.3, 0.4) is 0 Å². The second-order valence-corrected chi connectivity index (χ2v) is 9.32. The maximum absolute atomic E-state index is 10.1. The van der Waals surface area contributed by atoms with Crippen LogP contribution in [0, 0.1) is 0 Å². The van der Waals surface area contributed by atoms with Gasteiger partial charge in [0.1, 0.15) is 11.6 Å². The molecule has 0 radical (unpaired) electrons. The fraction of sp³-hybridized carbons (Fsp3) is 0.440. The van der Waals surface area contributed by atoms with Crippen molar-refractivity contribution in [2.24, 2.45) is 0 Å². The second-order valence-electron chi connectivity index (χ2n) is 8.41. The molecule has 1 aliphatic carbocycles. The van der Waals surface area contributed by atoms with Crippen molar-refractivity contribution in [3.05, 3.63) is 52.5 Å². The molecule has 0 spiro atoms. The Bertz CT molecular complexity index is 1050. The van der Waals surface area contributed by atoms with E-state index in [2.05, 4.69) is 57.4 Å². The third kappa shape index (κ3) is 5.33. The Morgan fingerprint density at radius 2 is 1.72 bits per heavy atom. The van der Waals surface area contributed by atoms with E-state index in [4.69, 9.17) is 9.97 Å². The zero-order valence-corrected chi connectivity index (χ0v) is 20.4. The molecule has 1 aromatic heterocycles. The van der Waals surface area contributed by atoms with Gasteiger partial charge in [0.25, 0.3) is 0 Å². The predicted octanol–water partition coefficient (Wildman–Crippen LogP) is 5.46. The molecular weight excluding hydrogens is 466 g/mol. The lowest BCUT2D eigenvalue weighted by Crippen LogP contribution is -2.37. The number of aromatic hydroxyl groups is 1. The summed E-state index contributed by atoms with van der Waals surface area (Å²) in [6, 6.07) is 14.8. The number of benzene rings is 2. The third-order valence-corrected chi connectivity index (χ3v) is 6.83. The van der Waals surface area contributed by atoms with Gasteiger partial charge >= 0.3 is 0 Å². The molecule has 2 aromatic carbocycles. The fourth-order valence-electron chi connectivity index (χ4n) is 4.45. The normalized spacial score (nSPS) is 18.6. The van der Waals surface area contributed by atoms with Gasteiger partial charge in [0.15, 0.2) is 0 Å². The summed E-state index contributed by atoms with van der Waals surface area (Å²) in [4.78, 5) is 12.0. The first-order valence-electron chi connectivity index (χ1n) is 11.6. The van der Waals surface area contributed by atoms with Crippen molar-refractivity contribution in [3.63, 3.8) is 0 Å². The van der Waals surface area contributed by atoms with Gasteiger partial charge in [0, 0.05) is 47.1 Å². The van der Waals surface area contributed by atoms with E-state index in [0.29, 0.717) is 24.4 Å². The minimum atomic E-state index is 0.333. The van der Waals surface area contributed by atoms with E-state index < -0.39 is 0 Å². The van der Waals surface area contributed by atoms with Crippen molar-refractivity contribution in [2.45, 2.75) is 58.2 Å². The van der Waals surface area contributed by atoms with Gasteiger partial charge in [0.05, 0.1) is 5.52 Å². The Kier molecular flexibility index (Phi) is 7.48. The van der Waals surface area contributed by atoms with Gasteiger partial charge in [0.2, 0.25) is 5.95 Å². The molecule has 1 saturated carbocycles. The number of aromatic nitrogens is 2. The summed E-state index contributed by atoms with van der Waals surface area (Å²) >= 11 is 3.39. The monoisotopic (exact) mass is 497 g/mol. The molecule has 32 heavy (non-hydrogen) atoms. The molecule has 3 aromatic rings. The van der Waals surface area contributed by atoms with Crippen LogP contribution >= 0.6 is 15.9 Å². The quantitative estimate of drug-likeness (QED) is 0.383. The number of rotatable bonds is 8. The number of hydrogen-bond acceptors (Lipinski definition) is 6. The minimum Gasteiger partial charge on any atom is -0.508 e. The largest absolute Gasteiger partial charge is 0.508 e. The molecule has 1 heterocycles. The highest BCUT2D eigenvalue weighted by atomic mass is 79.9. The molecule has 1 aliphatic rings. The van der Waals surface area contributed by atoms with Crippen LogP contribution in [0.2, 0.25) is 0 Å². The number of hydrogen-bond donors (Lipinski definition) is 3. The summed E-state index contributed by atoms with van der Waals surface area (Å²) in [6.07, 6.45) is 4.32. The molecule has 0 unspecified atom stereocenters. The topological polar surface area (TPSA) is 73.3 Å². The molecule has 4 rings (SSSR count). The van der Waals surface area contributed by atoms with E-state index in [-0.39, 0.29) is 0 Å². The van der Waals surface area contributed by atoms with Gasteiger partial charge in [-0.15, -0.1) is 0 Å². The van der Waals surface area contributed by atoms with Crippen LogP contribution < -0.4 is 15.5 Å². The Morgan fingerprint density at radius 1 is 1.00 bits per heavy atom. The average molecular weight is 498 g/mol. The maximum atomic E-state index is 10.1. The van der Waals surface area contributed by atoms with Crippen LogP contribution in [0.5, 0.6) is 5.75 Å². The Labute approximate surface area is 198 Å². The van der Waals surface area contributed by atoms with Gasteiger partial charge in [-0.25, -0.2) is 4.98 Å². The van der Waals surface area contributed by atoms with E-state index in [1.54, 1.807) is 6.07 Å². The lowest BCUT2D eigenvalue weighted by atomic mass is 9.91. The van der Waals surface area contributed by atoms with Crippen molar-refractivity contribution in [1.29, 1.82) is 0 Å². The standard InChI is InChI=1S/C25H32BrN5O/c1-3-31(4-2)24-21-7-5-6-8-22(21)29-25(30-24)28-20-13-11-19(12-14-20)27-16-17-9-10-18(26)15-23(17)32/h5-10,15,19-20,27,32H,3-4,11-14,16H2,1-2H3,(H,28,29,30). The van der Waals surface area contributed by atoms with Crippen molar-refractivity contribution >= 4 is 38.6 Å². The van der Waals surface area contributed by atoms with Gasteiger partial charge in [-0.3, -0.25) is 0 Å². The first-order chi connectivity index (χ1) is 15.6. The zero-order valence-electron chi connectivity index (χ0n) is 18.8. The predicted molar refractivity (Wildman–Crippen MR) is 135 cm³/mol. The summed E-state index contributed by atoms with van der Waals surface area (Å²) < 4.78 is 0.894. The Hall–Kier alpha value is -2.38. The van der Waals surface area contributed by atoms with E-state index in [1.165, 1.54) is 0 Å². The SMILES string of the molecule is CCN(CC)c1nc(NC2CCC(NCc3ccc(Br)cc3O)CC2)nc2ccccc12. The van der Waals surface area contributed by atoms with Gasteiger partial charge in [-0.05, 0) is 63.8 Å². The van der Waals surface area contributed by atoms with E-state index in [9.17, 15) is 5.11 Å². The second kappa shape index (κ2) is 10.5. The van der Waals surface area contributed by atoms with Crippen molar-refractivity contribution in [1.82, 2.24) is 15.3 Å². The van der Waals surface area contributed by atoms with Gasteiger partial charge < -0.3 is 20.6 Å². The van der Waals surface area contributed by atoms with Gasteiger partial charge in [-0.2, -0.15) is 4.98 Å². The maximum Gasteiger partial charge on any atom is 0.225 e. The summed E-state index contributed by atoms with van der Waals surface area (Å²) in [6.45, 7) is 6.84. The highest BCUT2D eigenvalue weighted by molar-refractivity contribution is 9.10. The number of anilines is 2. The Balaban J connectivity index is 1.37. The van der Waals surface area contributed by atoms with E-state index in [0.717, 1.165) is 71.5 Å². The van der Waals surface area contributed by atoms with Crippen LogP contribution in [0.25, 0.3) is 10.9 Å². The van der Waals surface area contributed by atoms with Gasteiger partial charge in [-0.1, -0.05) is 34.1 Å². The minimum absolute atomic E-state index is 0.333. The number of fused-ring (bicyclic) bond motifs is 1. The zero-order chi connectivity index (χ0) is 22.5. The number of phenols is 1. The van der Waals surface area contributed by atoms with Crippen LogP contribution in [0.15, 0.2) is 46.9 Å². The molecule has 0 amide bonds. The summed E-state index contributed by atoms with van der Waals surface area (Å²) in [5.41, 5.74) is 1.92. The lowest BCUT2D eigenvalue weighted by molar-refractivity contribution is 0.350. The molecule has 0 bridgehead atoms. The average Bonchev–Trinajstić information content (AvgIpc) is 2.80. The molecule has 3 N–H and O–H groups in total. The summed E-state index contributed by atoms with van der Waals surface area (Å²) in [5, 5.41) is 18.4. The number of phenolic OH excluding ortho intramolecular Hbond substituents is 1. The summed E-state index contributed by atoms with van der Waals surface area (Å²) in [7, 11) is 0.